The zero-order chi connectivity index (χ0) is 22.1. The molecule has 0 bridgehead atoms. The predicted octanol–water partition coefficient (Wildman–Crippen LogP) is 3.58. The Kier molecular flexibility index (Phi) is 6.00. The number of amides is 2. The summed E-state index contributed by atoms with van der Waals surface area (Å²) in [4.78, 5) is 26.1. The van der Waals surface area contributed by atoms with E-state index in [1.165, 1.54) is 0 Å². The number of halogens is 1. The van der Waals surface area contributed by atoms with Crippen molar-refractivity contribution in [1.82, 2.24) is 30.0 Å². The van der Waals surface area contributed by atoms with Gasteiger partial charge in [-0.15, -0.1) is 0 Å². The van der Waals surface area contributed by atoms with Crippen molar-refractivity contribution in [2.45, 2.75) is 40.2 Å². The molecule has 1 fully saturated rings. The number of nitrogens with zero attached hydrogens (tertiary/aromatic N) is 6. The maximum absolute atomic E-state index is 12.4. The number of fused-ring (bicyclic) bond motifs is 1. The third kappa shape index (κ3) is 4.17. The molecule has 4 rings (SSSR count). The summed E-state index contributed by atoms with van der Waals surface area (Å²) >= 11 is 6.45. The number of hydrogen-bond donors (Lipinski definition) is 1. The van der Waals surface area contributed by atoms with Crippen molar-refractivity contribution >= 4 is 34.5 Å². The van der Waals surface area contributed by atoms with Crippen LogP contribution in [0.3, 0.4) is 0 Å². The summed E-state index contributed by atoms with van der Waals surface area (Å²) in [6.45, 7) is 10.7. The highest BCUT2D eigenvalue weighted by Crippen LogP contribution is 2.31. The van der Waals surface area contributed by atoms with Gasteiger partial charge in [-0.2, -0.15) is 5.10 Å². The number of carbonyl (C=O) groups excluding carboxylic acids is 1. The third-order valence-corrected chi connectivity index (χ3v) is 5.72. The molecule has 0 atom stereocenters. The molecule has 2 amide bonds. The number of hydrogen-bond acceptors (Lipinski definition) is 5. The van der Waals surface area contributed by atoms with Gasteiger partial charge in [0.05, 0.1) is 21.8 Å². The van der Waals surface area contributed by atoms with Gasteiger partial charge in [0.1, 0.15) is 11.6 Å². The van der Waals surface area contributed by atoms with Crippen LogP contribution in [0.15, 0.2) is 24.3 Å². The summed E-state index contributed by atoms with van der Waals surface area (Å²) in [5.74, 6) is 1.64. The molecule has 1 N–H and O–H groups in total. The molecule has 164 valence electrons. The van der Waals surface area contributed by atoms with Crippen LogP contribution in [0.25, 0.3) is 16.7 Å². The second-order valence-electron chi connectivity index (χ2n) is 8.04. The molecular weight excluding hydrogens is 414 g/mol. The van der Waals surface area contributed by atoms with E-state index in [0.29, 0.717) is 37.6 Å². The maximum Gasteiger partial charge on any atom is 0.317 e. The van der Waals surface area contributed by atoms with Crippen LogP contribution in [0, 0.1) is 6.92 Å². The smallest absolute Gasteiger partial charge is 0.317 e. The molecule has 8 nitrogen and oxygen atoms in total. The van der Waals surface area contributed by atoms with Gasteiger partial charge in [0.25, 0.3) is 0 Å². The van der Waals surface area contributed by atoms with Crippen molar-refractivity contribution < 1.29 is 4.79 Å². The number of nitrogens with one attached hydrogen (secondary N) is 1. The van der Waals surface area contributed by atoms with Crippen LogP contribution >= 0.6 is 11.6 Å². The predicted molar refractivity (Wildman–Crippen MR) is 123 cm³/mol. The first-order chi connectivity index (χ1) is 14.9. The molecule has 1 aliphatic rings. The van der Waals surface area contributed by atoms with Crippen LogP contribution in [0.2, 0.25) is 5.02 Å². The Hall–Kier alpha value is -2.87. The molecule has 0 unspecified atom stereocenters. The van der Waals surface area contributed by atoms with E-state index in [-0.39, 0.29) is 12.1 Å². The molecule has 2 aromatic heterocycles. The zero-order valence-electron chi connectivity index (χ0n) is 18.4. The lowest BCUT2D eigenvalue weighted by Crippen LogP contribution is -2.53. The molecule has 31 heavy (non-hydrogen) atoms. The molecule has 1 aromatic carbocycles. The van der Waals surface area contributed by atoms with Crippen molar-refractivity contribution in [1.29, 1.82) is 0 Å². The van der Waals surface area contributed by atoms with Gasteiger partial charge in [-0.1, -0.05) is 30.7 Å². The van der Waals surface area contributed by atoms with E-state index in [9.17, 15) is 4.79 Å². The number of anilines is 1. The first-order valence-corrected chi connectivity index (χ1v) is 11.1. The average molecular weight is 442 g/mol. The fourth-order valence-electron chi connectivity index (χ4n) is 3.84. The van der Waals surface area contributed by atoms with Crippen LogP contribution < -0.4 is 10.2 Å². The molecule has 0 spiro atoms. The summed E-state index contributed by atoms with van der Waals surface area (Å²) in [6.07, 6.45) is 0.715. The van der Waals surface area contributed by atoms with Crippen molar-refractivity contribution in [3.63, 3.8) is 0 Å². The summed E-state index contributed by atoms with van der Waals surface area (Å²) in [5, 5.41) is 9.27. The number of carbonyl (C=O) groups is 1. The van der Waals surface area contributed by atoms with E-state index in [0.717, 1.165) is 34.1 Å². The molecular formula is C22H28ClN7O. The van der Waals surface area contributed by atoms with Gasteiger partial charge in [-0.05, 0) is 32.9 Å². The molecule has 3 aromatic rings. The molecule has 1 saturated heterocycles. The Morgan fingerprint density at radius 1 is 1.16 bits per heavy atom. The number of para-hydroxylation sites is 1. The first-order valence-electron chi connectivity index (χ1n) is 10.7. The Labute approximate surface area is 187 Å². The van der Waals surface area contributed by atoms with Gasteiger partial charge in [-0.3, -0.25) is 0 Å². The average Bonchev–Trinajstić information content (AvgIpc) is 3.09. The minimum absolute atomic E-state index is 0.0144. The summed E-state index contributed by atoms with van der Waals surface area (Å²) in [6, 6.07) is 7.74. The second kappa shape index (κ2) is 8.70. The highest BCUT2D eigenvalue weighted by atomic mass is 35.5. The Morgan fingerprint density at radius 2 is 1.87 bits per heavy atom. The molecule has 0 aliphatic carbocycles. The van der Waals surface area contributed by atoms with E-state index in [1.54, 1.807) is 0 Å². The SMILES string of the molecule is CCc1nc(N2CCN(C(=O)NC(C)C)CC2)c2c(C)nn(-c3ccccc3Cl)c2n1. The lowest BCUT2D eigenvalue weighted by atomic mass is 10.2. The maximum atomic E-state index is 12.4. The molecule has 3 heterocycles. The summed E-state index contributed by atoms with van der Waals surface area (Å²) < 4.78 is 1.81. The second-order valence-corrected chi connectivity index (χ2v) is 8.45. The van der Waals surface area contributed by atoms with E-state index < -0.39 is 0 Å². The minimum atomic E-state index is -0.0144. The number of aromatic nitrogens is 4. The van der Waals surface area contributed by atoms with Crippen LogP contribution in [0.1, 0.15) is 32.3 Å². The fraction of sp³-hybridized carbons (Fsp3) is 0.455. The van der Waals surface area contributed by atoms with E-state index >= 15 is 0 Å². The van der Waals surface area contributed by atoms with Crippen molar-refractivity contribution in [3.8, 4) is 5.69 Å². The van der Waals surface area contributed by atoms with Gasteiger partial charge >= 0.3 is 6.03 Å². The highest BCUT2D eigenvalue weighted by molar-refractivity contribution is 6.32. The van der Waals surface area contributed by atoms with Crippen molar-refractivity contribution in [2.24, 2.45) is 0 Å². The Morgan fingerprint density at radius 3 is 2.52 bits per heavy atom. The molecule has 1 aliphatic heterocycles. The monoisotopic (exact) mass is 441 g/mol. The van der Waals surface area contributed by atoms with E-state index in [4.69, 9.17) is 26.7 Å². The number of benzene rings is 1. The Bertz CT molecular complexity index is 1100. The summed E-state index contributed by atoms with van der Waals surface area (Å²) in [5.41, 5.74) is 2.41. The van der Waals surface area contributed by atoms with Gasteiger partial charge in [0.15, 0.2) is 5.65 Å². The van der Waals surface area contributed by atoms with Gasteiger partial charge < -0.3 is 15.1 Å². The quantitative estimate of drug-likeness (QED) is 0.669. The van der Waals surface area contributed by atoms with E-state index in [1.807, 2.05) is 61.5 Å². The van der Waals surface area contributed by atoms with Crippen molar-refractivity contribution in [2.75, 3.05) is 31.1 Å². The fourth-order valence-corrected chi connectivity index (χ4v) is 4.06. The van der Waals surface area contributed by atoms with Gasteiger partial charge in [-0.25, -0.2) is 19.4 Å². The van der Waals surface area contributed by atoms with Crippen LogP contribution in [0.5, 0.6) is 0 Å². The largest absolute Gasteiger partial charge is 0.352 e. The van der Waals surface area contributed by atoms with Gasteiger partial charge in [0.2, 0.25) is 0 Å². The topological polar surface area (TPSA) is 79.2 Å². The number of aryl methyl sites for hydroxylation is 2. The van der Waals surface area contributed by atoms with Crippen LogP contribution in [-0.4, -0.2) is 62.9 Å². The third-order valence-electron chi connectivity index (χ3n) is 5.40. The van der Waals surface area contributed by atoms with Crippen LogP contribution in [0.4, 0.5) is 10.6 Å². The Balaban J connectivity index is 1.71. The molecule has 0 saturated carbocycles. The highest BCUT2D eigenvalue weighted by Gasteiger charge is 2.26. The summed E-state index contributed by atoms with van der Waals surface area (Å²) in [7, 11) is 0. The first kappa shape index (κ1) is 21.4. The van der Waals surface area contributed by atoms with Gasteiger partial charge in [0, 0.05) is 38.6 Å². The number of rotatable bonds is 4. The number of piperazine rings is 1. The van der Waals surface area contributed by atoms with Crippen LogP contribution in [-0.2, 0) is 6.42 Å². The van der Waals surface area contributed by atoms with Crippen molar-refractivity contribution in [3.05, 3.63) is 40.8 Å². The standard InChI is InChI=1S/C22H28ClN7O/c1-5-18-25-20(28-10-12-29(13-11-28)22(31)24-14(2)3)19-15(4)27-30(21(19)26-18)17-9-7-6-8-16(17)23/h6-9,14H,5,10-13H2,1-4H3,(H,24,31). The zero-order valence-corrected chi connectivity index (χ0v) is 19.1. The molecule has 9 heteroatoms. The lowest BCUT2D eigenvalue weighted by molar-refractivity contribution is 0.192. The molecule has 0 radical (unpaired) electrons. The van der Waals surface area contributed by atoms with E-state index in [2.05, 4.69) is 10.2 Å². The number of urea groups is 1. The normalized spacial score (nSPS) is 14.5. The lowest BCUT2D eigenvalue weighted by Gasteiger charge is -2.36. The minimum Gasteiger partial charge on any atom is -0.352 e.